The molecule has 31 heavy (non-hydrogen) atoms. The number of ether oxygens (including phenoxy) is 2. The fraction of sp³-hybridized carbons (Fsp3) is 0.261. The Morgan fingerprint density at radius 3 is 2.58 bits per heavy atom. The Kier molecular flexibility index (Phi) is 6.69. The zero-order valence-corrected chi connectivity index (χ0v) is 18.6. The number of aromatic nitrogens is 4. The Labute approximate surface area is 185 Å². The third-order valence-corrected chi connectivity index (χ3v) is 5.79. The van der Waals surface area contributed by atoms with Gasteiger partial charge in [-0.2, -0.15) is 0 Å². The second kappa shape index (κ2) is 9.80. The van der Waals surface area contributed by atoms with Gasteiger partial charge in [0, 0.05) is 24.3 Å². The van der Waals surface area contributed by atoms with E-state index in [9.17, 15) is 0 Å². The maximum Gasteiger partial charge on any atom is 0.192 e. The van der Waals surface area contributed by atoms with E-state index in [0.29, 0.717) is 18.9 Å². The number of methoxy groups -OCH3 is 2. The van der Waals surface area contributed by atoms with Crippen molar-refractivity contribution in [3.8, 4) is 28.4 Å². The lowest BCUT2D eigenvalue weighted by Gasteiger charge is -2.09. The van der Waals surface area contributed by atoms with E-state index < -0.39 is 0 Å². The topological polar surface area (TPSA) is 75.2 Å². The SMILES string of the molecule is COCCn1c(SCc2cc(-c3ccc(OC)cc3)no2)nnc1-c1cccc(C)c1. The van der Waals surface area contributed by atoms with Crippen LogP contribution in [0.4, 0.5) is 0 Å². The Balaban J connectivity index is 1.51. The third kappa shape index (κ3) is 4.98. The van der Waals surface area contributed by atoms with Crippen LogP contribution in [0, 0.1) is 6.92 Å². The Morgan fingerprint density at radius 2 is 1.84 bits per heavy atom. The Hall–Kier alpha value is -3.10. The minimum absolute atomic E-state index is 0.578. The number of rotatable bonds is 9. The van der Waals surface area contributed by atoms with E-state index >= 15 is 0 Å². The molecule has 160 valence electrons. The molecule has 0 aliphatic heterocycles. The van der Waals surface area contributed by atoms with Crippen molar-refractivity contribution in [2.45, 2.75) is 24.4 Å². The molecule has 0 aliphatic carbocycles. The first kappa shape index (κ1) is 21.1. The van der Waals surface area contributed by atoms with E-state index in [1.807, 2.05) is 42.5 Å². The molecular formula is C23H24N4O3S. The van der Waals surface area contributed by atoms with Crippen LogP contribution in [0.25, 0.3) is 22.6 Å². The molecule has 2 aromatic heterocycles. The molecule has 0 saturated heterocycles. The summed E-state index contributed by atoms with van der Waals surface area (Å²) in [6.45, 7) is 3.32. The largest absolute Gasteiger partial charge is 0.497 e. The van der Waals surface area contributed by atoms with Crippen molar-refractivity contribution in [2.75, 3.05) is 20.8 Å². The van der Waals surface area contributed by atoms with E-state index in [-0.39, 0.29) is 0 Å². The number of thioether (sulfide) groups is 1. The summed E-state index contributed by atoms with van der Waals surface area (Å²) in [5.41, 5.74) is 3.99. The highest BCUT2D eigenvalue weighted by Gasteiger charge is 2.16. The van der Waals surface area contributed by atoms with E-state index in [2.05, 4.69) is 39.0 Å². The van der Waals surface area contributed by atoms with Crippen molar-refractivity contribution in [1.29, 1.82) is 0 Å². The average molecular weight is 437 g/mol. The van der Waals surface area contributed by atoms with Gasteiger partial charge in [-0.05, 0) is 37.3 Å². The highest BCUT2D eigenvalue weighted by Crippen LogP contribution is 2.29. The summed E-state index contributed by atoms with van der Waals surface area (Å²) < 4.78 is 18.1. The molecule has 7 nitrogen and oxygen atoms in total. The van der Waals surface area contributed by atoms with Gasteiger partial charge in [0.15, 0.2) is 11.0 Å². The van der Waals surface area contributed by atoms with Crippen LogP contribution in [0.5, 0.6) is 5.75 Å². The minimum atomic E-state index is 0.578. The predicted octanol–water partition coefficient (Wildman–Crippen LogP) is 4.86. The second-order valence-corrected chi connectivity index (χ2v) is 7.96. The van der Waals surface area contributed by atoms with Gasteiger partial charge in [0.25, 0.3) is 0 Å². The predicted molar refractivity (Wildman–Crippen MR) is 120 cm³/mol. The molecule has 0 fully saturated rings. The maximum atomic E-state index is 5.54. The quantitative estimate of drug-likeness (QED) is 0.347. The van der Waals surface area contributed by atoms with Crippen LogP contribution in [0.2, 0.25) is 0 Å². The molecule has 4 rings (SSSR count). The van der Waals surface area contributed by atoms with Crippen molar-refractivity contribution >= 4 is 11.8 Å². The lowest BCUT2D eigenvalue weighted by molar-refractivity contribution is 0.185. The van der Waals surface area contributed by atoms with Gasteiger partial charge in [-0.1, -0.05) is 40.7 Å². The van der Waals surface area contributed by atoms with E-state index in [1.165, 1.54) is 5.56 Å². The summed E-state index contributed by atoms with van der Waals surface area (Å²) in [4.78, 5) is 0. The summed E-state index contributed by atoms with van der Waals surface area (Å²) in [6, 6.07) is 17.9. The molecule has 0 amide bonds. The van der Waals surface area contributed by atoms with Crippen LogP contribution in [0.15, 0.2) is 64.3 Å². The molecule has 0 aliphatic rings. The smallest absolute Gasteiger partial charge is 0.192 e. The van der Waals surface area contributed by atoms with Crippen LogP contribution < -0.4 is 4.74 Å². The van der Waals surface area contributed by atoms with Crippen LogP contribution >= 0.6 is 11.8 Å². The Morgan fingerprint density at radius 1 is 1.00 bits per heavy atom. The first-order valence-electron chi connectivity index (χ1n) is 9.90. The second-order valence-electron chi connectivity index (χ2n) is 7.02. The van der Waals surface area contributed by atoms with E-state index in [1.54, 1.807) is 26.0 Å². The van der Waals surface area contributed by atoms with Gasteiger partial charge in [-0.3, -0.25) is 4.57 Å². The van der Waals surface area contributed by atoms with Gasteiger partial charge < -0.3 is 14.0 Å². The highest BCUT2D eigenvalue weighted by molar-refractivity contribution is 7.98. The van der Waals surface area contributed by atoms with Crippen molar-refractivity contribution in [3.05, 3.63) is 65.9 Å². The molecule has 0 N–H and O–H groups in total. The normalized spacial score (nSPS) is 11.1. The highest BCUT2D eigenvalue weighted by atomic mass is 32.2. The number of aryl methyl sites for hydroxylation is 1. The molecule has 0 unspecified atom stereocenters. The Bertz CT molecular complexity index is 1140. The van der Waals surface area contributed by atoms with Crippen LogP contribution in [0.1, 0.15) is 11.3 Å². The third-order valence-electron chi connectivity index (χ3n) is 4.80. The number of benzene rings is 2. The van der Waals surface area contributed by atoms with Crippen molar-refractivity contribution in [1.82, 2.24) is 19.9 Å². The fourth-order valence-electron chi connectivity index (χ4n) is 3.19. The molecular weight excluding hydrogens is 412 g/mol. The molecule has 8 heteroatoms. The van der Waals surface area contributed by atoms with Crippen LogP contribution in [-0.4, -0.2) is 40.7 Å². The minimum Gasteiger partial charge on any atom is -0.497 e. The molecule has 0 atom stereocenters. The standard InChI is InChI=1S/C23H24N4O3S/c1-16-5-4-6-18(13-16)22-24-25-23(27(22)11-12-28-2)31-15-20-14-21(26-30-20)17-7-9-19(29-3)10-8-17/h4-10,13-14H,11-12,15H2,1-3H3. The van der Waals surface area contributed by atoms with Crippen molar-refractivity contribution in [3.63, 3.8) is 0 Å². The summed E-state index contributed by atoms with van der Waals surface area (Å²) in [5, 5.41) is 13.9. The van der Waals surface area contributed by atoms with Crippen molar-refractivity contribution < 1.29 is 14.0 Å². The van der Waals surface area contributed by atoms with Gasteiger partial charge in [-0.25, -0.2) is 0 Å². The van der Waals surface area contributed by atoms with Gasteiger partial charge in [0.05, 0.1) is 26.0 Å². The molecule has 0 spiro atoms. The molecule has 2 heterocycles. The van der Waals surface area contributed by atoms with E-state index in [0.717, 1.165) is 39.3 Å². The number of hydrogen-bond acceptors (Lipinski definition) is 7. The summed E-state index contributed by atoms with van der Waals surface area (Å²) >= 11 is 1.56. The van der Waals surface area contributed by atoms with Gasteiger partial charge in [-0.15, -0.1) is 10.2 Å². The maximum absolute atomic E-state index is 5.54. The zero-order valence-electron chi connectivity index (χ0n) is 17.7. The molecule has 0 bridgehead atoms. The summed E-state index contributed by atoms with van der Waals surface area (Å²) in [5.74, 6) is 3.01. The molecule has 0 radical (unpaired) electrons. The van der Waals surface area contributed by atoms with Gasteiger partial charge in [0.1, 0.15) is 17.2 Å². The summed E-state index contributed by atoms with van der Waals surface area (Å²) in [7, 11) is 3.34. The van der Waals surface area contributed by atoms with Gasteiger partial charge >= 0.3 is 0 Å². The van der Waals surface area contributed by atoms with Crippen LogP contribution in [-0.2, 0) is 17.0 Å². The lowest BCUT2D eigenvalue weighted by Crippen LogP contribution is -2.07. The molecule has 0 saturated carbocycles. The summed E-state index contributed by atoms with van der Waals surface area (Å²) in [6.07, 6.45) is 0. The van der Waals surface area contributed by atoms with E-state index in [4.69, 9.17) is 14.0 Å². The first-order chi connectivity index (χ1) is 15.2. The van der Waals surface area contributed by atoms with Gasteiger partial charge in [0.2, 0.25) is 0 Å². The van der Waals surface area contributed by atoms with Crippen molar-refractivity contribution in [2.24, 2.45) is 0 Å². The molecule has 4 aromatic rings. The monoisotopic (exact) mass is 436 g/mol. The average Bonchev–Trinajstić information content (AvgIpc) is 3.43. The fourth-order valence-corrected chi connectivity index (χ4v) is 4.03. The lowest BCUT2D eigenvalue weighted by atomic mass is 10.1. The molecule has 2 aromatic carbocycles. The number of nitrogens with zero attached hydrogens (tertiary/aromatic N) is 4. The first-order valence-corrected chi connectivity index (χ1v) is 10.9. The number of hydrogen-bond donors (Lipinski definition) is 0. The van der Waals surface area contributed by atoms with Crippen LogP contribution in [0.3, 0.4) is 0 Å². The zero-order chi connectivity index (χ0) is 21.6.